The van der Waals surface area contributed by atoms with Crippen LogP contribution in [0.15, 0.2) is 47.6 Å². The van der Waals surface area contributed by atoms with Crippen molar-refractivity contribution in [3.63, 3.8) is 0 Å². The molecule has 138 valence electrons. The van der Waals surface area contributed by atoms with Crippen LogP contribution in [0.4, 0.5) is 11.6 Å². The highest BCUT2D eigenvalue weighted by Crippen LogP contribution is 2.13. The van der Waals surface area contributed by atoms with Gasteiger partial charge in [-0.3, -0.25) is 9.59 Å². The van der Waals surface area contributed by atoms with Crippen LogP contribution in [0.2, 0.25) is 0 Å². The maximum Gasteiger partial charge on any atom is 0.308 e. The van der Waals surface area contributed by atoms with E-state index >= 15 is 0 Å². The Hall–Kier alpha value is -3.05. The van der Waals surface area contributed by atoms with E-state index in [2.05, 4.69) is 20.6 Å². The van der Waals surface area contributed by atoms with E-state index in [4.69, 9.17) is 9.88 Å². The van der Waals surface area contributed by atoms with Crippen molar-refractivity contribution in [1.29, 1.82) is 0 Å². The molecule has 0 bridgehead atoms. The molecule has 10 nitrogen and oxygen atoms in total. The van der Waals surface area contributed by atoms with Crippen molar-refractivity contribution >= 4 is 33.5 Å². The van der Waals surface area contributed by atoms with Gasteiger partial charge in [0.05, 0.1) is 11.3 Å². The van der Waals surface area contributed by atoms with Crippen LogP contribution in [0.25, 0.3) is 0 Å². The van der Waals surface area contributed by atoms with E-state index < -0.39 is 28.5 Å². The first-order chi connectivity index (χ1) is 12.3. The van der Waals surface area contributed by atoms with Gasteiger partial charge < -0.3 is 15.4 Å². The zero-order valence-electron chi connectivity index (χ0n) is 13.6. The highest BCUT2D eigenvalue weighted by atomic mass is 32.2. The summed E-state index contributed by atoms with van der Waals surface area (Å²) in [7, 11) is -3.87. The number of rotatable bonds is 8. The van der Waals surface area contributed by atoms with Crippen LogP contribution < -0.4 is 15.8 Å². The summed E-state index contributed by atoms with van der Waals surface area (Å²) >= 11 is 0. The number of benzene rings is 1. The molecule has 1 amide bonds. The molecule has 2 rings (SSSR count). The molecule has 0 spiro atoms. The summed E-state index contributed by atoms with van der Waals surface area (Å²) in [5.41, 5.74) is 0.223. The van der Waals surface area contributed by atoms with Crippen LogP contribution in [0.1, 0.15) is 6.42 Å². The van der Waals surface area contributed by atoms with Gasteiger partial charge in [0.25, 0.3) is 5.91 Å². The van der Waals surface area contributed by atoms with Crippen molar-refractivity contribution in [2.24, 2.45) is 5.14 Å². The fraction of sp³-hybridized carbons (Fsp3) is 0.200. The Morgan fingerprint density at radius 3 is 2.58 bits per heavy atom. The molecule has 0 radical (unpaired) electrons. The predicted octanol–water partition coefficient (Wildman–Crippen LogP) is 0.108. The molecule has 1 heterocycles. The molecule has 0 saturated carbocycles. The molecule has 11 heteroatoms. The highest BCUT2D eigenvalue weighted by molar-refractivity contribution is 7.89. The zero-order chi connectivity index (χ0) is 19.0. The van der Waals surface area contributed by atoms with Gasteiger partial charge in [-0.05, 0) is 24.3 Å². The number of anilines is 2. The Balaban J connectivity index is 1.73. The van der Waals surface area contributed by atoms with Gasteiger partial charge >= 0.3 is 5.97 Å². The van der Waals surface area contributed by atoms with Crippen molar-refractivity contribution in [3.8, 4) is 0 Å². The second-order valence-electron chi connectivity index (χ2n) is 5.03. The van der Waals surface area contributed by atoms with Gasteiger partial charge in [0, 0.05) is 24.6 Å². The van der Waals surface area contributed by atoms with E-state index in [0.717, 1.165) is 0 Å². The molecule has 0 aliphatic carbocycles. The lowest BCUT2D eigenvalue weighted by atomic mass is 10.3. The minimum atomic E-state index is -3.87. The third-order valence-electron chi connectivity index (χ3n) is 2.99. The molecule has 0 aliphatic heterocycles. The molecular formula is C15H17N5O5S. The standard InChI is InChI=1S/C15H17N5O5S/c16-26(23,24)12-4-1-3-11(9-12)20-13(21)10-25-14(22)5-8-19-15-17-6-2-7-18-15/h1-4,6-7,9H,5,8,10H2,(H,20,21)(H2,16,23,24)(H,17,18,19). The number of sulfonamides is 1. The van der Waals surface area contributed by atoms with Crippen molar-refractivity contribution in [1.82, 2.24) is 9.97 Å². The first-order valence-electron chi connectivity index (χ1n) is 7.44. The molecule has 1 aromatic heterocycles. The van der Waals surface area contributed by atoms with Crippen LogP contribution in [0.3, 0.4) is 0 Å². The molecule has 1 aromatic carbocycles. The Labute approximate surface area is 149 Å². The Kier molecular flexibility index (Phi) is 6.58. The molecule has 0 fully saturated rings. The van der Waals surface area contributed by atoms with E-state index in [0.29, 0.717) is 5.95 Å². The summed E-state index contributed by atoms with van der Waals surface area (Å²) in [6.07, 6.45) is 3.14. The Morgan fingerprint density at radius 1 is 1.15 bits per heavy atom. The maximum atomic E-state index is 11.8. The zero-order valence-corrected chi connectivity index (χ0v) is 14.4. The van der Waals surface area contributed by atoms with Crippen molar-refractivity contribution in [3.05, 3.63) is 42.7 Å². The van der Waals surface area contributed by atoms with E-state index in [1.807, 2.05) is 0 Å². The number of primary sulfonamides is 1. The molecule has 0 aliphatic rings. The lowest BCUT2D eigenvalue weighted by molar-refractivity contribution is -0.147. The smallest absolute Gasteiger partial charge is 0.308 e. The Bertz CT molecular complexity index is 873. The van der Waals surface area contributed by atoms with Gasteiger partial charge in [0.15, 0.2) is 6.61 Å². The minimum Gasteiger partial charge on any atom is -0.456 e. The molecule has 2 aromatic rings. The number of hydrogen-bond acceptors (Lipinski definition) is 8. The summed E-state index contributed by atoms with van der Waals surface area (Å²) in [5, 5.41) is 10.3. The quantitative estimate of drug-likeness (QED) is 0.546. The van der Waals surface area contributed by atoms with Crippen LogP contribution in [0, 0.1) is 0 Å². The highest BCUT2D eigenvalue weighted by Gasteiger charge is 2.11. The number of esters is 1. The normalized spacial score (nSPS) is 10.8. The fourth-order valence-corrected chi connectivity index (χ4v) is 2.39. The number of hydrogen-bond donors (Lipinski definition) is 3. The number of aromatic nitrogens is 2. The number of nitrogens with zero attached hydrogens (tertiary/aromatic N) is 2. The summed E-state index contributed by atoms with van der Waals surface area (Å²) in [4.78, 5) is 31.1. The first-order valence-corrected chi connectivity index (χ1v) is 8.98. The Morgan fingerprint density at radius 2 is 1.88 bits per heavy atom. The lowest BCUT2D eigenvalue weighted by Crippen LogP contribution is -2.22. The first kappa shape index (κ1) is 19.3. The number of ether oxygens (including phenoxy) is 1. The number of nitrogens with one attached hydrogen (secondary N) is 2. The summed E-state index contributed by atoms with van der Waals surface area (Å²) in [6.45, 7) is -0.249. The van der Waals surface area contributed by atoms with Crippen LogP contribution in [-0.2, 0) is 24.3 Å². The van der Waals surface area contributed by atoms with Gasteiger partial charge in [-0.15, -0.1) is 0 Å². The topological polar surface area (TPSA) is 153 Å². The fourth-order valence-electron chi connectivity index (χ4n) is 1.83. The number of carbonyl (C=O) groups is 2. The van der Waals surface area contributed by atoms with E-state index in [9.17, 15) is 18.0 Å². The molecule has 4 N–H and O–H groups in total. The van der Waals surface area contributed by atoms with Crippen LogP contribution in [0.5, 0.6) is 0 Å². The minimum absolute atomic E-state index is 0.0203. The summed E-state index contributed by atoms with van der Waals surface area (Å²) in [5.74, 6) is -0.807. The summed E-state index contributed by atoms with van der Waals surface area (Å²) in [6, 6.07) is 7.08. The second-order valence-corrected chi connectivity index (χ2v) is 6.59. The van der Waals surface area contributed by atoms with Gasteiger partial charge in [-0.1, -0.05) is 6.07 Å². The number of nitrogens with two attached hydrogens (primary N) is 1. The lowest BCUT2D eigenvalue weighted by Gasteiger charge is -2.08. The SMILES string of the molecule is NS(=O)(=O)c1cccc(NC(=O)COC(=O)CCNc2ncccn2)c1. The largest absolute Gasteiger partial charge is 0.456 e. The summed E-state index contributed by atoms with van der Waals surface area (Å²) < 4.78 is 27.4. The van der Waals surface area contributed by atoms with Gasteiger partial charge in [-0.2, -0.15) is 0 Å². The molecule has 0 saturated heterocycles. The van der Waals surface area contributed by atoms with Crippen molar-refractivity contribution in [2.45, 2.75) is 11.3 Å². The monoisotopic (exact) mass is 379 g/mol. The van der Waals surface area contributed by atoms with Crippen molar-refractivity contribution < 1.29 is 22.7 Å². The molecule has 0 atom stereocenters. The number of amides is 1. The van der Waals surface area contributed by atoms with E-state index in [1.54, 1.807) is 18.5 Å². The molecular weight excluding hydrogens is 362 g/mol. The van der Waals surface area contributed by atoms with Gasteiger partial charge in [-0.25, -0.2) is 23.5 Å². The van der Waals surface area contributed by atoms with Gasteiger partial charge in [0.1, 0.15) is 0 Å². The third-order valence-corrected chi connectivity index (χ3v) is 3.90. The maximum absolute atomic E-state index is 11.8. The molecule has 0 unspecified atom stereocenters. The number of carbonyl (C=O) groups excluding carboxylic acids is 2. The van der Waals surface area contributed by atoms with Crippen LogP contribution in [-0.4, -0.2) is 43.4 Å². The molecule has 26 heavy (non-hydrogen) atoms. The average Bonchev–Trinajstić information content (AvgIpc) is 2.60. The van der Waals surface area contributed by atoms with E-state index in [1.165, 1.54) is 24.3 Å². The second kappa shape index (κ2) is 8.87. The average molecular weight is 379 g/mol. The van der Waals surface area contributed by atoms with Gasteiger partial charge in [0.2, 0.25) is 16.0 Å². The van der Waals surface area contributed by atoms with Crippen LogP contribution >= 0.6 is 0 Å². The predicted molar refractivity (Wildman–Crippen MR) is 92.5 cm³/mol. The third kappa shape index (κ3) is 6.45. The van der Waals surface area contributed by atoms with Crippen molar-refractivity contribution in [2.75, 3.05) is 23.8 Å². The van der Waals surface area contributed by atoms with E-state index in [-0.39, 0.29) is 23.5 Å².